The number of rotatable bonds is 6. The van der Waals surface area contributed by atoms with Crippen LogP contribution in [0, 0.1) is 0 Å². The highest BCUT2D eigenvalue weighted by molar-refractivity contribution is 5.82. The van der Waals surface area contributed by atoms with Crippen LogP contribution in [0.4, 0.5) is 0 Å². The summed E-state index contributed by atoms with van der Waals surface area (Å²) in [5, 5.41) is 3.34. The van der Waals surface area contributed by atoms with E-state index in [1.807, 2.05) is 74.5 Å². The summed E-state index contributed by atoms with van der Waals surface area (Å²) < 4.78 is 5.25. The molecule has 0 saturated heterocycles. The number of hydrogen-bond acceptors (Lipinski definition) is 3. The van der Waals surface area contributed by atoms with Gasteiger partial charge in [-0.15, -0.1) is 0 Å². The molecular weight excluding hydrogens is 262 g/mol. The van der Waals surface area contributed by atoms with E-state index >= 15 is 0 Å². The van der Waals surface area contributed by atoms with Crippen molar-refractivity contribution in [1.82, 2.24) is 5.32 Å². The number of ether oxygens (including phenoxy) is 1. The Labute approximate surface area is 126 Å². The Hall–Kier alpha value is -2.13. The van der Waals surface area contributed by atoms with Crippen LogP contribution < -0.4 is 5.32 Å². The van der Waals surface area contributed by atoms with Gasteiger partial charge in [-0.3, -0.25) is 5.32 Å². The summed E-state index contributed by atoms with van der Waals surface area (Å²) in [6.45, 7) is 4.66. The lowest BCUT2D eigenvalue weighted by Crippen LogP contribution is -2.47. The second kappa shape index (κ2) is 7.04. The molecule has 0 aromatic heterocycles. The maximum Gasteiger partial charge on any atom is 0.330 e. The second-order valence-corrected chi connectivity index (χ2v) is 5.05. The second-order valence-electron chi connectivity index (χ2n) is 5.05. The number of esters is 1. The van der Waals surface area contributed by atoms with E-state index in [0.29, 0.717) is 13.2 Å². The summed E-state index contributed by atoms with van der Waals surface area (Å²) in [6, 6.07) is 19.7. The molecule has 0 aliphatic heterocycles. The molecule has 2 aromatic carbocycles. The predicted octanol–water partition coefficient (Wildman–Crippen LogP) is 3.25. The molecule has 1 atom stereocenters. The van der Waals surface area contributed by atoms with Crippen LogP contribution in [-0.2, 0) is 21.6 Å². The van der Waals surface area contributed by atoms with Crippen LogP contribution in [-0.4, -0.2) is 12.6 Å². The molecule has 3 nitrogen and oxygen atoms in total. The first kappa shape index (κ1) is 15.3. The molecule has 1 unspecified atom stereocenters. The van der Waals surface area contributed by atoms with Gasteiger partial charge in [-0.05, 0) is 25.0 Å². The van der Waals surface area contributed by atoms with E-state index in [1.54, 1.807) is 0 Å². The minimum absolute atomic E-state index is 0.257. The standard InChI is InChI=1S/C18H21NO2/c1-3-21-17(20)18(2,16-12-8-5-9-13-16)19-14-15-10-6-4-7-11-15/h4-13,19H,3,14H2,1-2H3. The van der Waals surface area contributed by atoms with Gasteiger partial charge in [0, 0.05) is 6.54 Å². The molecule has 2 rings (SSSR count). The molecule has 0 spiro atoms. The van der Waals surface area contributed by atoms with Gasteiger partial charge in [0.25, 0.3) is 0 Å². The molecule has 0 amide bonds. The van der Waals surface area contributed by atoms with Gasteiger partial charge in [0.2, 0.25) is 0 Å². The zero-order valence-corrected chi connectivity index (χ0v) is 12.5. The summed E-state index contributed by atoms with van der Waals surface area (Å²) in [5.74, 6) is -0.257. The lowest BCUT2D eigenvalue weighted by molar-refractivity contribution is -0.151. The van der Waals surface area contributed by atoms with Crippen molar-refractivity contribution in [3.63, 3.8) is 0 Å². The number of carbonyl (C=O) groups is 1. The predicted molar refractivity (Wildman–Crippen MR) is 83.7 cm³/mol. The van der Waals surface area contributed by atoms with Crippen molar-refractivity contribution < 1.29 is 9.53 Å². The van der Waals surface area contributed by atoms with E-state index in [4.69, 9.17) is 4.74 Å². The summed E-state index contributed by atoms with van der Waals surface area (Å²) >= 11 is 0. The van der Waals surface area contributed by atoms with Gasteiger partial charge in [0.15, 0.2) is 0 Å². The number of hydrogen-bond donors (Lipinski definition) is 1. The van der Waals surface area contributed by atoms with Gasteiger partial charge in [0.05, 0.1) is 6.61 Å². The molecular formula is C18H21NO2. The normalized spacial score (nSPS) is 13.4. The zero-order chi connectivity index (χ0) is 15.1. The van der Waals surface area contributed by atoms with Crippen molar-refractivity contribution in [2.75, 3.05) is 6.61 Å². The fourth-order valence-electron chi connectivity index (χ4n) is 2.21. The third-order valence-electron chi connectivity index (χ3n) is 3.52. The van der Waals surface area contributed by atoms with Crippen molar-refractivity contribution in [2.45, 2.75) is 25.9 Å². The molecule has 0 saturated carbocycles. The third-order valence-corrected chi connectivity index (χ3v) is 3.52. The Bertz CT molecular complexity index is 568. The van der Waals surface area contributed by atoms with E-state index in [1.165, 1.54) is 0 Å². The van der Waals surface area contributed by atoms with Crippen molar-refractivity contribution in [2.24, 2.45) is 0 Å². The molecule has 0 radical (unpaired) electrons. The van der Waals surface area contributed by atoms with Gasteiger partial charge < -0.3 is 4.74 Å². The van der Waals surface area contributed by atoms with E-state index in [-0.39, 0.29) is 5.97 Å². The Morgan fingerprint density at radius 2 is 1.62 bits per heavy atom. The van der Waals surface area contributed by atoms with Crippen molar-refractivity contribution in [3.05, 3.63) is 71.8 Å². The lowest BCUT2D eigenvalue weighted by Gasteiger charge is -2.29. The monoisotopic (exact) mass is 283 g/mol. The van der Waals surface area contributed by atoms with E-state index in [9.17, 15) is 4.79 Å². The fraction of sp³-hybridized carbons (Fsp3) is 0.278. The van der Waals surface area contributed by atoms with Crippen molar-refractivity contribution in [3.8, 4) is 0 Å². The largest absolute Gasteiger partial charge is 0.464 e. The Morgan fingerprint density at radius 3 is 2.19 bits per heavy atom. The molecule has 0 heterocycles. The highest BCUT2D eigenvalue weighted by atomic mass is 16.5. The third kappa shape index (κ3) is 3.70. The van der Waals surface area contributed by atoms with Gasteiger partial charge in [-0.1, -0.05) is 60.7 Å². The van der Waals surface area contributed by atoms with Crippen molar-refractivity contribution >= 4 is 5.97 Å². The quantitative estimate of drug-likeness (QED) is 0.827. The SMILES string of the molecule is CCOC(=O)C(C)(NCc1ccccc1)c1ccccc1. The van der Waals surface area contributed by atoms with E-state index < -0.39 is 5.54 Å². The van der Waals surface area contributed by atoms with Gasteiger partial charge in [0.1, 0.15) is 5.54 Å². The summed E-state index contributed by atoms with van der Waals surface area (Å²) in [7, 11) is 0. The van der Waals surface area contributed by atoms with Gasteiger partial charge in [-0.25, -0.2) is 4.79 Å². The van der Waals surface area contributed by atoms with Crippen LogP contribution in [0.1, 0.15) is 25.0 Å². The highest BCUT2D eigenvalue weighted by Gasteiger charge is 2.36. The minimum Gasteiger partial charge on any atom is -0.464 e. The Morgan fingerprint density at radius 1 is 1.05 bits per heavy atom. The van der Waals surface area contributed by atoms with Crippen LogP contribution in [0.2, 0.25) is 0 Å². The zero-order valence-electron chi connectivity index (χ0n) is 12.5. The Kier molecular flexibility index (Phi) is 5.12. The maximum absolute atomic E-state index is 12.4. The lowest BCUT2D eigenvalue weighted by atomic mass is 9.91. The average molecular weight is 283 g/mol. The molecule has 1 N–H and O–H groups in total. The maximum atomic E-state index is 12.4. The molecule has 3 heteroatoms. The van der Waals surface area contributed by atoms with Gasteiger partial charge in [-0.2, -0.15) is 0 Å². The van der Waals surface area contributed by atoms with E-state index in [0.717, 1.165) is 11.1 Å². The minimum atomic E-state index is -0.854. The fourth-order valence-corrected chi connectivity index (χ4v) is 2.21. The first-order chi connectivity index (χ1) is 10.2. The summed E-state index contributed by atoms with van der Waals surface area (Å²) in [6.07, 6.45) is 0. The van der Waals surface area contributed by atoms with Crippen LogP contribution >= 0.6 is 0 Å². The first-order valence-corrected chi connectivity index (χ1v) is 7.18. The molecule has 0 aliphatic carbocycles. The Balaban J connectivity index is 2.22. The summed E-state index contributed by atoms with van der Waals surface area (Å²) in [4.78, 5) is 12.4. The van der Waals surface area contributed by atoms with Gasteiger partial charge >= 0.3 is 5.97 Å². The summed E-state index contributed by atoms with van der Waals surface area (Å²) in [5.41, 5.74) is 1.18. The van der Waals surface area contributed by atoms with Crippen LogP contribution in [0.15, 0.2) is 60.7 Å². The average Bonchev–Trinajstić information content (AvgIpc) is 2.54. The number of benzene rings is 2. The molecule has 2 aromatic rings. The molecule has 21 heavy (non-hydrogen) atoms. The topological polar surface area (TPSA) is 38.3 Å². The molecule has 110 valence electrons. The first-order valence-electron chi connectivity index (χ1n) is 7.18. The van der Waals surface area contributed by atoms with Crippen molar-refractivity contribution in [1.29, 1.82) is 0 Å². The number of carbonyl (C=O) groups excluding carboxylic acids is 1. The van der Waals surface area contributed by atoms with Crippen LogP contribution in [0.5, 0.6) is 0 Å². The van der Waals surface area contributed by atoms with E-state index in [2.05, 4.69) is 5.32 Å². The molecule has 0 fully saturated rings. The molecule has 0 bridgehead atoms. The van der Waals surface area contributed by atoms with Crippen LogP contribution in [0.3, 0.4) is 0 Å². The van der Waals surface area contributed by atoms with Crippen LogP contribution in [0.25, 0.3) is 0 Å². The highest BCUT2D eigenvalue weighted by Crippen LogP contribution is 2.23. The molecule has 0 aliphatic rings. The smallest absolute Gasteiger partial charge is 0.330 e. The number of nitrogens with one attached hydrogen (secondary N) is 1.